The van der Waals surface area contributed by atoms with Crippen molar-refractivity contribution in [2.45, 2.75) is 18.9 Å². The van der Waals surface area contributed by atoms with E-state index in [1.54, 1.807) is 6.20 Å². The molecule has 3 fully saturated rings. The fourth-order valence-electron chi connectivity index (χ4n) is 4.26. The molecule has 1 N–H and O–H groups in total. The first-order valence-electron chi connectivity index (χ1n) is 9.25. The molecule has 0 saturated carbocycles. The maximum absolute atomic E-state index is 12.1. The van der Waals surface area contributed by atoms with Gasteiger partial charge in [-0.2, -0.15) is 0 Å². The first-order chi connectivity index (χ1) is 12.3. The van der Waals surface area contributed by atoms with Crippen LogP contribution in [0.15, 0.2) is 18.6 Å². The summed E-state index contributed by atoms with van der Waals surface area (Å²) in [6, 6.07) is 0. The minimum absolute atomic E-state index is 0.159. The summed E-state index contributed by atoms with van der Waals surface area (Å²) in [5.74, 6) is 1.49. The van der Waals surface area contributed by atoms with Gasteiger partial charge in [-0.1, -0.05) is 0 Å². The van der Waals surface area contributed by atoms with E-state index < -0.39 is 0 Å². The van der Waals surface area contributed by atoms with Gasteiger partial charge in [-0.25, -0.2) is 4.98 Å². The van der Waals surface area contributed by atoms with Crippen molar-refractivity contribution in [3.63, 3.8) is 0 Å². The van der Waals surface area contributed by atoms with Gasteiger partial charge < -0.3 is 19.7 Å². The highest BCUT2D eigenvalue weighted by atomic mass is 16.5. The summed E-state index contributed by atoms with van der Waals surface area (Å²) in [6.07, 6.45) is 7.26. The summed E-state index contributed by atoms with van der Waals surface area (Å²) in [7, 11) is 0. The number of aromatic nitrogens is 2. The van der Waals surface area contributed by atoms with E-state index in [1.165, 1.54) is 25.2 Å². The van der Waals surface area contributed by atoms with Crippen molar-refractivity contribution in [3.8, 4) is 0 Å². The van der Waals surface area contributed by atoms with Crippen LogP contribution >= 0.6 is 0 Å². The Bertz CT molecular complexity index is 579. The highest BCUT2D eigenvalue weighted by Crippen LogP contribution is 2.34. The van der Waals surface area contributed by atoms with E-state index in [2.05, 4.69) is 20.2 Å². The molecule has 0 aliphatic carbocycles. The van der Waals surface area contributed by atoms with Crippen molar-refractivity contribution in [1.82, 2.24) is 20.2 Å². The molecule has 1 aromatic rings. The van der Waals surface area contributed by atoms with Crippen molar-refractivity contribution in [3.05, 3.63) is 24.3 Å². The number of fused-ring (bicyclic) bond motifs is 1. The van der Waals surface area contributed by atoms with Crippen LogP contribution in [0.4, 0.5) is 0 Å². The first-order valence-corrected chi connectivity index (χ1v) is 9.25. The molecule has 0 aromatic carbocycles. The Hall–Kier alpha value is -1.57. The second-order valence-corrected chi connectivity index (χ2v) is 7.37. The number of nitrogens with one attached hydrogen (secondary N) is 1. The van der Waals surface area contributed by atoms with Gasteiger partial charge in [0.25, 0.3) is 5.91 Å². The Labute approximate surface area is 148 Å². The molecule has 4 heterocycles. The third kappa shape index (κ3) is 3.99. The molecule has 3 aliphatic heterocycles. The molecule has 1 amide bonds. The first kappa shape index (κ1) is 16.9. The Morgan fingerprint density at radius 3 is 2.96 bits per heavy atom. The molecule has 0 radical (unpaired) electrons. The molecule has 0 spiro atoms. The minimum atomic E-state index is -0.159. The lowest BCUT2D eigenvalue weighted by Crippen LogP contribution is -2.35. The number of hydrogen-bond donors (Lipinski definition) is 1. The van der Waals surface area contributed by atoms with Crippen molar-refractivity contribution in [2.24, 2.45) is 17.8 Å². The van der Waals surface area contributed by atoms with Crippen LogP contribution in [0.2, 0.25) is 0 Å². The summed E-state index contributed by atoms with van der Waals surface area (Å²) in [5.41, 5.74) is 0.366. The summed E-state index contributed by atoms with van der Waals surface area (Å²) in [5, 5.41) is 2.99. The number of carbonyl (C=O) groups excluding carboxylic acids is 1. The average Bonchev–Trinajstić information content (AvgIpc) is 3.22. The number of ether oxygens (including phenoxy) is 2. The van der Waals surface area contributed by atoms with E-state index in [0.29, 0.717) is 30.2 Å². The van der Waals surface area contributed by atoms with Crippen LogP contribution in [0.1, 0.15) is 23.3 Å². The van der Waals surface area contributed by atoms with Crippen LogP contribution in [-0.4, -0.2) is 72.9 Å². The van der Waals surface area contributed by atoms with Gasteiger partial charge in [0.2, 0.25) is 0 Å². The molecular formula is C18H26N4O3. The maximum atomic E-state index is 12.1. The number of nitrogens with zero attached hydrogens (tertiary/aromatic N) is 3. The zero-order chi connectivity index (χ0) is 17.1. The molecule has 3 atom stereocenters. The van der Waals surface area contributed by atoms with E-state index in [-0.39, 0.29) is 5.91 Å². The van der Waals surface area contributed by atoms with E-state index in [4.69, 9.17) is 9.47 Å². The fraction of sp³-hybridized carbons (Fsp3) is 0.722. The van der Waals surface area contributed by atoms with Gasteiger partial charge >= 0.3 is 0 Å². The molecule has 25 heavy (non-hydrogen) atoms. The van der Waals surface area contributed by atoms with Crippen LogP contribution in [0.3, 0.4) is 0 Å². The average molecular weight is 346 g/mol. The molecule has 7 heteroatoms. The summed E-state index contributed by atoms with van der Waals surface area (Å²) < 4.78 is 11.5. The number of likely N-dealkylation sites (tertiary alicyclic amines) is 1. The summed E-state index contributed by atoms with van der Waals surface area (Å²) in [4.78, 5) is 22.7. The van der Waals surface area contributed by atoms with E-state index >= 15 is 0 Å². The van der Waals surface area contributed by atoms with Gasteiger partial charge in [-0.15, -0.1) is 0 Å². The summed E-state index contributed by atoms with van der Waals surface area (Å²) in [6.45, 7) is 6.43. The normalized spacial score (nSPS) is 30.3. The van der Waals surface area contributed by atoms with E-state index in [9.17, 15) is 4.79 Å². The number of amides is 1. The molecule has 3 aliphatic rings. The quantitative estimate of drug-likeness (QED) is 0.840. The predicted molar refractivity (Wildman–Crippen MR) is 91.1 cm³/mol. The van der Waals surface area contributed by atoms with Crippen LogP contribution < -0.4 is 5.32 Å². The molecule has 0 bridgehead atoms. The van der Waals surface area contributed by atoms with Gasteiger partial charge in [-0.05, 0) is 18.8 Å². The Kier molecular flexibility index (Phi) is 5.24. The minimum Gasteiger partial charge on any atom is -0.381 e. The number of hydrogen-bond acceptors (Lipinski definition) is 6. The second kappa shape index (κ2) is 7.76. The highest BCUT2D eigenvalue weighted by Gasteiger charge is 2.44. The Balaban J connectivity index is 1.26. The zero-order valence-electron chi connectivity index (χ0n) is 14.5. The highest BCUT2D eigenvalue weighted by molar-refractivity contribution is 5.91. The number of carbonyl (C=O) groups is 1. The van der Waals surface area contributed by atoms with E-state index in [1.807, 2.05) is 0 Å². The Morgan fingerprint density at radius 1 is 1.28 bits per heavy atom. The second-order valence-electron chi connectivity index (χ2n) is 7.37. The van der Waals surface area contributed by atoms with Crippen molar-refractivity contribution in [2.75, 3.05) is 46.0 Å². The third-order valence-corrected chi connectivity index (χ3v) is 5.69. The van der Waals surface area contributed by atoms with Crippen molar-refractivity contribution < 1.29 is 14.3 Å². The monoisotopic (exact) mass is 346 g/mol. The zero-order valence-corrected chi connectivity index (χ0v) is 14.5. The van der Waals surface area contributed by atoms with E-state index in [0.717, 1.165) is 45.4 Å². The lowest BCUT2D eigenvalue weighted by Gasteiger charge is -2.27. The molecule has 7 nitrogen and oxygen atoms in total. The van der Waals surface area contributed by atoms with Crippen LogP contribution in [0, 0.1) is 17.8 Å². The maximum Gasteiger partial charge on any atom is 0.271 e. The smallest absolute Gasteiger partial charge is 0.271 e. The van der Waals surface area contributed by atoms with Crippen LogP contribution in [0.5, 0.6) is 0 Å². The lowest BCUT2D eigenvalue weighted by atomic mass is 9.93. The van der Waals surface area contributed by atoms with Gasteiger partial charge in [0.1, 0.15) is 5.69 Å². The molecular weight excluding hydrogens is 320 g/mol. The van der Waals surface area contributed by atoms with Gasteiger partial charge in [0.15, 0.2) is 0 Å². The molecule has 4 rings (SSSR count). The fourth-order valence-corrected chi connectivity index (χ4v) is 4.26. The van der Waals surface area contributed by atoms with Crippen LogP contribution in [0.25, 0.3) is 0 Å². The summed E-state index contributed by atoms with van der Waals surface area (Å²) >= 11 is 0. The lowest BCUT2D eigenvalue weighted by molar-refractivity contribution is 0.0487. The predicted octanol–water partition coefficient (Wildman–Crippen LogP) is 0.580. The van der Waals surface area contributed by atoms with Gasteiger partial charge in [0.05, 0.1) is 18.9 Å². The molecule has 136 valence electrons. The molecule has 3 saturated heterocycles. The third-order valence-electron chi connectivity index (χ3n) is 5.69. The van der Waals surface area contributed by atoms with Gasteiger partial charge in [-0.3, -0.25) is 9.78 Å². The molecule has 1 aromatic heterocycles. The van der Waals surface area contributed by atoms with Crippen LogP contribution in [-0.2, 0) is 9.47 Å². The molecule has 0 unspecified atom stereocenters. The standard InChI is InChI=1S/C18H26N4O3/c23-18(16-8-19-3-4-20-16)21-7-14-12-25-17-11-22(10-15(14)17)9-13-1-5-24-6-2-13/h3-4,8,13-15,17H,1-2,5-7,9-12H2,(H,21,23)/t14-,15+,17+/m1/s1. The number of rotatable bonds is 5. The van der Waals surface area contributed by atoms with Gasteiger partial charge in [0, 0.05) is 63.6 Å². The van der Waals surface area contributed by atoms with Crippen molar-refractivity contribution >= 4 is 5.91 Å². The SMILES string of the molecule is O=C(NC[C@@H]1CO[C@H]2CN(CC3CCOCC3)C[C@@H]12)c1cnccn1. The largest absolute Gasteiger partial charge is 0.381 e. The van der Waals surface area contributed by atoms with Crippen molar-refractivity contribution in [1.29, 1.82) is 0 Å². The Morgan fingerprint density at radius 2 is 2.16 bits per heavy atom. The topological polar surface area (TPSA) is 76.6 Å².